The first-order valence-corrected chi connectivity index (χ1v) is 5.31. The van der Waals surface area contributed by atoms with Crippen molar-refractivity contribution in [3.05, 3.63) is 53.9 Å². The van der Waals surface area contributed by atoms with Crippen LogP contribution in [-0.4, -0.2) is 16.1 Å². The summed E-state index contributed by atoms with van der Waals surface area (Å²) in [6, 6.07) is 8.73. The third-order valence-corrected chi connectivity index (χ3v) is 2.32. The Morgan fingerprint density at radius 2 is 2.17 bits per heavy atom. The minimum Gasteiger partial charge on any atom is -0.487 e. The van der Waals surface area contributed by atoms with Crippen molar-refractivity contribution in [1.82, 2.24) is 4.98 Å². The molecule has 2 aromatic rings. The van der Waals surface area contributed by atoms with E-state index in [1.165, 1.54) is 18.5 Å². The molecular formula is C13H12N2O3. The van der Waals surface area contributed by atoms with Crippen LogP contribution in [0.4, 0.5) is 5.69 Å². The van der Waals surface area contributed by atoms with E-state index in [1.54, 1.807) is 12.1 Å². The van der Waals surface area contributed by atoms with Crippen LogP contribution in [0, 0.1) is 0 Å². The zero-order valence-electron chi connectivity index (χ0n) is 9.54. The van der Waals surface area contributed by atoms with Gasteiger partial charge in [0.05, 0.1) is 11.8 Å². The minimum atomic E-state index is -1.03. The molecule has 1 aromatic heterocycles. The Bertz CT molecular complexity index is 570. The quantitative estimate of drug-likeness (QED) is 0.803. The average Bonchev–Trinajstić information content (AvgIpc) is 2.37. The number of nitrogens with zero attached hydrogens (tertiary/aromatic N) is 1. The van der Waals surface area contributed by atoms with Gasteiger partial charge in [-0.2, -0.15) is 0 Å². The number of anilines is 1. The number of rotatable bonds is 4. The van der Waals surface area contributed by atoms with Crippen molar-refractivity contribution in [2.45, 2.75) is 6.61 Å². The van der Waals surface area contributed by atoms with Gasteiger partial charge in [0.2, 0.25) is 0 Å². The lowest BCUT2D eigenvalue weighted by Gasteiger charge is -2.06. The predicted octanol–water partition coefficient (Wildman–Crippen LogP) is 1.94. The number of ether oxygens (including phenoxy) is 1. The smallest absolute Gasteiger partial charge is 0.337 e. The summed E-state index contributed by atoms with van der Waals surface area (Å²) < 4.78 is 5.46. The van der Waals surface area contributed by atoms with Crippen molar-refractivity contribution in [2.24, 2.45) is 0 Å². The van der Waals surface area contributed by atoms with E-state index < -0.39 is 5.97 Å². The molecular weight excluding hydrogens is 232 g/mol. The molecule has 5 nitrogen and oxygen atoms in total. The fourth-order valence-electron chi connectivity index (χ4n) is 1.46. The maximum Gasteiger partial charge on any atom is 0.337 e. The van der Waals surface area contributed by atoms with Gasteiger partial charge in [-0.1, -0.05) is 12.1 Å². The Balaban J connectivity index is 2.06. The minimum absolute atomic E-state index is 0.0973. The molecule has 1 heterocycles. The highest BCUT2D eigenvalue weighted by Crippen LogP contribution is 2.14. The summed E-state index contributed by atoms with van der Waals surface area (Å²) in [7, 11) is 0. The van der Waals surface area contributed by atoms with Crippen LogP contribution >= 0.6 is 0 Å². The number of carbonyl (C=O) groups is 1. The molecule has 0 spiro atoms. The van der Waals surface area contributed by atoms with E-state index in [4.69, 9.17) is 15.6 Å². The summed E-state index contributed by atoms with van der Waals surface area (Å²) in [6.45, 7) is 0.315. The summed E-state index contributed by atoms with van der Waals surface area (Å²) in [5.41, 5.74) is 7.32. The molecule has 0 aliphatic carbocycles. The number of hydrogen-bond donors (Lipinski definition) is 2. The summed E-state index contributed by atoms with van der Waals surface area (Å²) in [5.74, 6) is -0.616. The second-order valence-electron chi connectivity index (χ2n) is 3.75. The van der Waals surface area contributed by atoms with E-state index in [1.807, 2.05) is 12.1 Å². The van der Waals surface area contributed by atoms with E-state index in [0.717, 1.165) is 5.56 Å². The van der Waals surface area contributed by atoms with E-state index >= 15 is 0 Å². The summed E-state index contributed by atoms with van der Waals surface area (Å²) >= 11 is 0. The molecule has 0 saturated heterocycles. The molecule has 1 aromatic carbocycles. The van der Waals surface area contributed by atoms with Gasteiger partial charge in [-0.3, -0.25) is 4.98 Å². The van der Waals surface area contributed by atoms with Crippen molar-refractivity contribution >= 4 is 11.7 Å². The second kappa shape index (κ2) is 5.18. The number of nitrogen functional groups attached to an aromatic ring is 1. The Kier molecular flexibility index (Phi) is 3.43. The van der Waals surface area contributed by atoms with Crippen LogP contribution in [0.1, 0.15) is 15.9 Å². The molecule has 3 N–H and O–H groups in total. The maximum atomic E-state index is 10.8. The normalized spacial score (nSPS) is 10.0. The van der Waals surface area contributed by atoms with Gasteiger partial charge in [0.1, 0.15) is 12.4 Å². The molecule has 0 bridgehead atoms. The highest BCUT2D eigenvalue weighted by molar-refractivity contribution is 5.87. The summed E-state index contributed by atoms with van der Waals surface area (Å²) in [5, 5.41) is 8.82. The maximum absolute atomic E-state index is 10.8. The van der Waals surface area contributed by atoms with Crippen molar-refractivity contribution < 1.29 is 14.6 Å². The van der Waals surface area contributed by atoms with Gasteiger partial charge in [-0.05, 0) is 23.8 Å². The standard InChI is InChI=1S/C13H12N2O3/c14-11-3-1-2-9(4-11)8-18-12-5-10(13(16)17)6-15-7-12/h1-7H,8,14H2,(H,16,17). The van der Waals surface area contributed by atoms with E-state index in [2.05, 4.69) is 4.98 Å². The van der Waals surface area contributed by atoms with Crippen LogP contribution in [0.15, 0.2) is 42.7 Å². The fraction of sp³-hybridized carbons (Fsp3) is 0.0769. The number of aromatic nitrogens is 1. The zero-order valence-corrected chi connectivity index (χ0v) is 9.54. The van der Waals surface area contributed by atoms with Crippen LogP contribution in [0.3, 0.4) is 0 Å². The molecule has 0 saturated carbocycles. The molecule has 0 radical (unpaired) electrons. The van der Waals surface area contributed by atoms with Gasteiger partial charge in [-0.25, -0.2) is 4.79 Å². The van der Waals surface area contributed by atoms with Crippen LogP contribution in [0.25, 0.3) is 0 Å². The van der Waals surface area contributed by atoms with Crippen LogP contribution in [0.5, 0.6) is 5.75 Å². The predicted molar refractivity (Wildman–Crippen MR) is 66.4 cm³/mol. The number of pyridine rings is 1. The molecule has 18 heavy (non-hydrogen) atoms. The topological polar surface area (TPSA) is 85.4 Å². The molecule has 2 rings (SSSR count). The van der Waals surface area contributed by atoms with E-state index in [0.29, 0.717) is 18.0 Å². The van der Waals surface area contributed by atoms with Crippen molar-refractivity contribution in [2.75, 3.05) is 5.73 Å². The highest BCUT2D eigenvalue weighted by atomic mass is 16.5. The van der Waals surface area contributed by atoms with Gasteiger partial charge < -0.3 is 15.6 Å². The lowest BCUT2D eigenvalue weighted by Crippen LogP contribution is -2.00. The lowest BCUT2D eigenvalue weighted by atomic mass is 10.2. The summed E-state index contributed by atoms with van der Waals surface area (Å²) in [6.07, 6.45) is 2.74. The Morgan fingerprint density at radius 1 is 1.33 bits per heavy atom. The number of hydrogen-bond acceptors (Lipinski definition) is 4. The molecule has 5 heteroatoms. The van der Waals surface area contributed by atoms with Crippen molar-refractivity contribution in [1.29, 1.82) is 0 Å². The van der Waals surface area contributed by atoms with Gasteiger partial charge in [0.25, 0.3) is 0 Å². The largest absolute Gasteiger partial charge is 0.487 e. The van der Waals surface area contributed by atoms with Crippen molar-refractivity contribution in [3.8, 4) is 5.75 Å². The SMILES string of the molecule is Nc1cccc(COc2cncc(C(=O)O)c2)c1. The van der Waals surface area contributed by atoms with Crippen molar-refractivity contribution in [3.63, 3.8) is 0 Å². The third-order valence-electron chi connectivity index (χ3n) is 2.32. The van der Waals surface area contributed by atoms with Crippen LogP contribution in [-0.2, 0) is 6.61 Å². The molecule has 0 aliphatic heterocycles. The molecule has 0 aliphatic rings. The number of nitrogens with two attached hydrogens (primary N) is 1. The average molecular weight is 244 g/mol. The second-order valence-corrected chi connectivity index (χ2v) is 3.75. The number of carboxylic acids is 1. The van der Waals surface area contributed by atoms with Gasteiger partial charge in [-0.15, -0.1) is 0 Å². The van der Waals surface area contributed by atoms with Crippen LogP contribution < -0.4 is 10.5 Å². The van der Waals surface area contributed by atoms with Gasteiger partial charge in [0.15, 0.2) is 0 Å². The number of aromatic carboxylic acids is 1. The molecule has 0 amide bonds. The van der Waals surface area contributed by atoms with E-state index in [-0.39, 0.29) is 5.56 Å². The lowest BCUT2D eigenvalue weighted by molar-refractivity contribution is 0.0696. The van der Waals surface area contributed by atoms with E-state index in [9.17, 15) is 4.79 Å². The monoisotopic (exact) mass is 244 g/mol. The fourth-order valence-corrected chi connectivity index (χ4v) is 1.46. The summed E-state index contributed by atoms with van der Waals surface area (Å²) in [4.78, 5) is 14.6. The Labute approximate surface area is 104 Å². The third kappa shape index (κ3) is 2.98. The van der Waals surface area contributed by atoms with Gasteiger partial charge >= 0.3 is 5.97 Å². The first-order valence-electron chi connectivity index (χ1n) is 5.31. The molecule has 0 unspecified atom stereocenters. The Hall–Kier alpha value is -2.56. The number of benzene rings is 1. The van der Waals surface area contributed by atoms with Crippen LogP contribution in [0.2, 0.25) is 0 Å². The molecule has 92 valence electrons. The highest BCUT2D eigenvalue weighted by Gasteiger charge is 2.05. The van der Waals surface area contributed by atoms with Gasteiger partial charge in [0, 0.05) is 11.9 Å². The zero-order chi connectivity index (χ0) is 13.0. The Morgan fingerprint density at radius 3 is 2.89 bits per heavy atom. The first-order chi connectivity index (χ1) is 8.65. The number of carboxylic acid groups (broad SMARTS) is 1. The molecule has 0 fully saturated rings. The first kappa shape index (κ1) is 11.9. The molecule has 0 atom stereocenters.